The van der Waals surface area contributed by atoms with Gasteiger partial charge in [-0.1, -0.05) is 25.2 Å². The highest BCUT2D eigenvalue weighted by Crippen LogP contribution is 2.53. The number of ether oxygens (including phenoxy) is 1. The Hall–Kier alpha value is -1.07. The number of alkyl halides is 1. The van der Waals surface area contributed by atoms with Gasteiger partial charge in [0.2, 0.25) is 4.34 Å². The van der Waals surface area contributed by atoms with Crippen molar-refractivity contribution >= 4 is 40.6 Å². The van der Waals surface area contributed by atoms with E-state index < -0.39 is 22.9 Å². The highest BCUT2D eigenvalue weighted by atomic mass is 35.5. The average molecular weight is 470 g/mol. The number of hydrogen-bond donors (Lipinski definition) is 3. The minimum absolute atomic E-state index is 0.0809. The fourth-order valence-corrected chi connectivity index (χ4v) is 6.59. The molecule has 0 spiro atoms. The third-order valence-electron chi connectivity index (χ3n) is 4.14. The highest BCUT2D eigenvalue weighted by Gasteiger charge is 2.47. The molecule has 0 bridgehead atoms. The van der Waals surface area contributed by atoms with Crippen LogP contribution in [0.1, 0.15) is 26.7 Å². The Morgan fingerprint density at radius 2 is 1.82 bits per heavy atom. The van der Waals surface area contributed by atoms with Gasteiger partial charge >= 0.3 is 7.60 Å². The van der Waals surface area contributed by atoms with Crippen molar-refractivity contribution in [2.24, 2.45) is 0 Å². The Morgan fingerprint density at radius 1 is 1.21 bits per heavy atom. The van der Waals surface area contributed by atoms with E-state index in [0.717, 1.165) is 11.3 Å². The molecule has 1 aromatic heterocycles. The van der Waals surface area contributed by atoms with Gasteiger partial charge in [-0.15, -0.1) is 21.8 Å². The quantitative estimate of drug-likeness (QED) is 0.356. The van der Waals surface area contributed by atoms with Crippen LogP contribution in [0.4, 0.5) is 0 Å². The largest absolute Gasteiger partial charge is 0.492 e. The molecule has 0 aliphatic heterocycles. The number of halogens is 1. The Labute approximate surface area is 172 Å². The van der Waals surface area contributed by atoms with E-state index in [2.05, 4.69) is 14.9 Å². The van der Waals surface area contributed by atoms with E-state index in [0.29, 0.717) is 28.8 Å². The molecule has 0 radical (unpaired) electrons. The zero-order valence-corrected chi connectivity index (χ0v) is 18.5. The molecule has 156 valence electrons. The molecular formula is C15H21ClN3O6PS2. The van der Waals surface area contributed by atoms with Gasteiger partial charge in [-0.3, -0.25) is 4.57 Å². The van der Waals surface area contributed by atoms with Crippen molar-refractivity contribution < 1.29 is 27.5 Å². The van der Waals surface area contributed by atoms with Gasteiger partial charge in [0, 0.05) is 5.56 Å². The van der Waals surface area contributed by atoms with Crippen LogP contribution in [-0.4, -0.2) is 46.2 Å². The number of rotatable bonds is 10. The Kier molecular flexibility index (Phi) is 7.60. The normalized spacial score (nSPS) is 12.9. The van der Waals surface area contributed by atoms with Gasteiger partial charge in [-0.2, -0.15) is 4.72 Å². The van der Waals surface area contributed by atoms with Gasteiger partial charge in [0.25, 0.3) is 10.0 Å². The highest BCUT2D eigenvalue weighted by molar-refractivity contribution is 7.91. The fraction of sp³-hybridized carbons (Fsp3) is 0.467. The molecule has 28 heavy (non-hydrogen) atoms. The summed E-state index contributed by atoms with van der Waals surface area (Å²) in [6.45, 7) is 3.37. The van der Waals surface area contributed by atoms with Crippen LogP contribution in [-0.2, 0) is 14.6 Å². The van der Waals surface area contributed by atoms with E-state index in [4.69, 9.17) is 16.3 Å². The molecule has 3 N–H and O–H groups in total. The molecule has 13 heteroatoms. The Morgan fingerprint density at radius 3 is 2.32 bits per heavy atom. The molecule has 0 atom stereocenters. The lowest BCUT2D eigenvalue weighted by Crippen LogP contribution is -2.47. The first-order valence-corrected chi connectivity index (χ1v) is 12.8. The van der Waals surface area contributed by atoms with Gasteiger partial charge in [0.05, 0.1) is 5.88 Å². The van der Waals surface area contributed by atoms with E-state index in [1.165, 1.54) is 13.8 Å². The first-order valence-electron chi connectivity index (χ1n) is 8.31. The van der Waals surface area contributed by atoms with Crippen LogP contribution >= 0.6 is 30.5 Å². The van der Waals surface area contributed by atoms with Gasteiger partial charge in [0.15, 0.2) is 0 Å². The van der Waals surface area contributed by atoms with Crippen LogP contribution < -0.4 is 9.46 Å². The zero-order valence-electron chi connectivity index (χ0n) is 15.2. The monoisotopic (exact) mass is 469 g/mol. The molecule has 1 aromatic carbocycles. The van der Waals surface area contributed by atoms with Crippen LogP contribution in [0.5, 0.6) is 5.75 Å². The lowest BCUT2D eigenvalue weighted by Gasteiger charge is -2.32. The van der Waals surface area contributed by atoms with Crippen molar-refractivity contribution in [2.45, 2.75) is 36.3 Å². The summed E-state index contributed by atoms with van der Waals surface area (Å²) < 4.78 is 44.3. The maximum absolute atomic E-state index is 12.7. The number of sulfonamides is 1. The van der Waals surface area contributed by atoms with E-state index >= 15 is 0 Å². The topological polar surface area (TPSA) is 139 Å². The summed E-state index contributed by atoms with van der Waals surface area (Å²) in [5, 5.41) is 6.03. The van der Waals surface area contributed by atoms with Gasteiger partial charge in [-0.25, -0.2) is 8.42 Å². The molecule has 0 aliphatic rings. The lowest BCUT2D eigenvalue weighted by atomic mass is 10.2. The molecular weight excluding hydrogens is 449 g/mol. The third-order valence-corrected chi connectivity index (χ3v) is 9.18. The molecule has 2 aromatic rings. The molecule has 0 saturated heterocycles. The second kappa shape index (κ2) is 9.17. The average Bonchev–Trinajstić information content (AvgIpc) is 3.15. The molecule has 0 amide bonds. The standard InChI is InChI=1S/C15H21ClN3O6PS2/c1-3-15(4-2,26(20,21)22)19-28(23,24)14-18-17-13(27-14)11-5-7-12(8-6-11)25-10-9-16/h5-8,19H,3-4,9-10H2,1-2H3,(H2,20,21,22). The molecule has 2 rings (SSSR count). The number of benzene rings is 1. The van der Waals surface area contributed by atoms with Gasteiger partial charge in [0.1, 0.15) is 22.6 Å². The van der Waals surface area contributed by atoms with E-state index in [9.17, 15) is 22.8 Å². The summed E-state index contributed by atoms with van der Waals surface area (Å²) in [6.07, 6.45) is -0.162. The van der Waals surface area contributed by atoms with E-state index in [1.54, 1.807) is 24.3 Å². The third kappa shape index (κ3) is 5.10. The van der Waals surface area contributed by atoms with E-state index in [1.807, 2.05) is 0 Å². The molecule has 0 fully saturated rings. The Balaban J connectivity index is 2.27. The number of aromatic nitrogens is 2. The maximum atomic E-state index is 12.7. The molecule has 9 nitrogen and oxygen atoms in total. The van der Waals surface area contributed by atoms with Crippen molar-refractivity contribution in [3.8, 4) is 16.3 Å². The second-order valence-electron chi connectivity index (χ2n) is 5.82. The summed E-state index contributed by atoms with van der Waals surface area (Å²) >= 11 is 6.37. The summed E-state index contributed by atoms with van der Waals surface area (Å²) in [5.41, 5.74) is 0.629. The van der Waals surface area contributed by atoms with Crippen molar-refractivity contribution in [3.63, 3.8) is 0 Å². The van der Waals surface area contributed by atoms with E-state index in [-0.39, 0.29) is 17.2 Å². The first-order chi connectivity index (χ1) is 13.1. The fourth-order valence-electron chi connectivity index (χ4n) is 2.44. The smallest absolute Gasteiger partial charge is 0.346 e. The molecule has 0 saturated carbocycles. The van der Waals surface area contributed by atoms with Crippen LogP contribution in [0.3, 0.4) is 0 Å². The minimum atomic E-state index is -4.75. The Bertz CT molecular complexity index is 941. The molecule has 1 heterocycles. The first kappa shape index (κ1) is 23.2. The molecule has 0 aliphatic carbocycles. The summed E-state index contributed by atoms with van der Waals surface area (Å²) in [6, 6.07) is 6.79. The van der Waals surface area contributed by atoms with Crippen LogP contribution in [0, 0.1) is 0 Å². The summed E-state index contributed by atoms with van der Waals surface area (Å²) in [5.74, 6) is 0.971. The number of nitrogens with one attached hydrogen (secondary N) is 1. The van der Waals surface area contributed by atoms with Gasteiger partial charge in [-0.05, 0) is 37.1 Å². The predicted octanol–water partition coefficient (Wildman–Crippen LogP) is 2.80. The minimum Gasteiger partial charge on any atom is -0.492 e. The van der Waals surface area contributed by atoms with Crippen LogP contribution in [0.2, 0.25) is 0 Å². The summed E-state index contributed by atoms with van der Waals surface area (Å²) in [7, 11) is -9.02. The maximum Gasteiger partial charge on any atom is 0.346 e. The zero-order chi connectivity index (χ0) is 21.0. The van der Waals surface area contributed by atoms with Gasteiger partial charge < -0.3 is 14.5 Å². The number of nitrogens with zero attached hydrogens (tertiary/aromatic N) is 2. The number of hydrogen-bond acceptors (Lipinski definition) is 7. The van der Waals surface area contributed by atoms with Crippen LogP contribution in [0.25, 0.3) is 10.6 Å². The van der Waals surface area contributed by atoms with Crippen molar-refractivity contribution in [1.82, 2.24) is 14.9 Å². The second-order valence-corrected chi connectivity index (χ2v) is 11.0. The van der Waals surface area contributed by atoms with Crippen LogP contribution in [0.15, 0.2) is 28.6 Å². The van der Waals surface area contributed by atoms with Crippen molar-refractivity contribution in [1.29, 1.82) is 0 Å². The SMILES string of the molecule is CCC(CC)(NS(=O)(=O)c1nnc(-c2ccc(OCCCl)cc2)s1)P(=O)(O)O. The lowest BCUT2D eigenvalue weighted by molar-refractivity contribution is 0.304. The van der Waals surface area contributed by atoms with Crippen molar-refractivity contribution in [2.75, 3.05) is 12.5 Å². The predicted molar refractivity (Wildman–Crippen MR) is 107 cm³/mol. The van der Waals surface area contributed by atoms with Crippen molar-refractivity contribution in [3.05, 3.63) is 24.3 Å². The molecule has 0 unspecified atom stereocenters. The summed E-state index contributed by atoms with van der Waals surface area (Å²) in [4.78, 5) is 19.3.